The van der Waals surface area contributed by atoms with Crippen LogP contribution in [-0.2, 0) is 22.5 Å². The number of methoxy groups -OCH3 is 1. The number of alkyl halides is 2. The minimum atomic E-state index is -4.06. The van der Waals surface area contributed by atoms with Crippen molar-refractivity contribution in [3.63, 3.8) is 0 Å². The number of rotatable bonds is 10. The molecule has 0 aliphatic rings. The van der Waals surface area contributed by atoms with Crippen LogP contribution in [-0.4, -0.2) is 42.9 Å². The molecule has 2 N–H and O–H groups in total. The van der Waals surface area contributed by atoms with Gasteiger partial charge in [-0.1, -0.05) is 35.9 Å². The molecule has 2 unspecified atom stereocenters. The maximum Gasteiger partial charge on any atom is 0.379 e. The Hall–Kier alpha value is -1.93. The van der Waals surface area contributed by atoms with Crippen molar-refractivity contribution in [3.8, 4) is 5.75 Å². The average Bonchev–Trinajstić information content (AvgIpc) is 2.71. The monoisotopic (exact) mass is 463 g/mol. The molecule has 0 saturated carbocycles. The summed E-state index contributed by atoms with van der Waals surface area (Å²) in [5, 5.41) is 13.7. The van der Waals surface area contributed by atoms with Crippen molar-refractivity contribution >= 4 is 30.0 Å². The minimum Gasteiger partial charge on any atom is -0.497 e. The first kappa shape index (κ1) is 26.1. The van der Waals surface area contributed by atoms with E-state index in [0.29, 0.717) is 16.3 Å². The summed E-state index contributed by atoms with van der Waals surface area (Å²) in [5.74, 6) is -5.15. The number of hydrogen-bond donors (Lipinski definition) is 2. The Morgan fingerprint density at radius 3 is 2.43 bits per heavy atom. The molecule has 0 aromatic heterocycles. The van der Waals surface area contributed by atoms with Crippen molar-refractivity contribution < 1.29 is 28.2 Å². The number of hydrogen-bond acceptors (Lipinski definition) is 5. The van der Waals surface area contributed by atoms with E-state index in [2.05, 4.69) is 10.1 Å². The molecule has 0 fully saturated rings. The Labute approximate surface area is 185 Å². The van der Waals surface area contributed by atoms with Gasteiger partial charge in [-0.25, -0.2) is 4.79 Å². The van der Waals surface area contributed by atoms with E-state index in [1.165, 1.54) is 6.92 Å². The number of nitrogens with one attached hydrogen (secondary N) is 1. The second-order valence-electron chi connectivity index (χ2n) is 6.46. The fraction of sp³-hybridized carbons (Fsp3) is 0.381. The highest BCUT2D eigenvalue weighted by Crippen LogP contribution is 2.26. The Balaban J connectivity index is 0.00000450. The zero-order valence-electron chi connectivity index (χ0n) is 16.6. The van der Waals surface area contributed by atoms with Gasteiger partial charge in [-0.2, -0.15) is 8.78 Å². The smallest absolute Gasteiger partial charge is 0.379 e. The predicted molar refractivity (Wildman–Crippen MR) is 114 cm³/mol. The third kappa shape index (κ3) is 7.09. The molecule has 30 heavy (non-hydrogen) atoms. The normalized spacial score (nSPS) is 13.1. The second kappa shape index (κ2) is 12.1. The standard InChI is InChI=1S/C21H24ClF2NO4.ClH/c1-3-29-20(27)21(23,24)19(26)18(12-15-5-4-6-16(22)11-15)25-13-14-7-9-17(28-2)10-8-14;/h4-11,18-19,25-26H,3,12-13H2,1-2H3;1H. The zero-order chi connectivity index (χ0) is 21.4. The van der Waals surface area contributed by atoms with Crippen LogP contribution < -0.4 is 10.1 Å². The van der Waals surface area contributed by atoms with E-state index in [-0.39, 0.29) is 32.0 Å². The van der Waals surface area contributed by atoms with Gasteiger partial charge in [0.05, 0.1) is 13.7 Å². The van der Waals surface area contributed by atoms with Gasteiger partial charge in [0.25, 0.3) is 0 Å². The summed E-state index contributed by atoms with van der Waals surface area (Å²) >= 11 is 5.97. The molecule has 0 saturated heterocycles. The molecular weight excluding hydrogens is 439 g/mol. The molecule has 166 valence electrons. The molecule has 0 aliphatic heterocycles. The molecule has 2 rings (SSSR count). The summed E-state index contributed by atoms with van der Waals surface area (Å²) in [7, 11) is 1.54. The molecule has 0 aliphatic carbocycles. The molecule has 0 bridgehead atoms. The van der Waals surface area contributed by atoms with Crippen LogP contribution >= 0.6 is 24.0 Å². The number of aliphatic hydroxyl groups excluding tert-OH is 1. The summed E-state index contributed by atoms with van der Waals surface area (Å²) < 4.78 is 38.4. The Morgan fingerprint density at radius 1 is 1.20 bits per heavy atom. The highest BCUT2D eigenvalue weighted by Gasteiger charge is 2.51. The van der Waals surface area contributed by atoms with E-state index in [0.717, 1.165) is 5.56 Å². The van der Waals surface area contributed by atoms with Gasteiger partial charge in [-0.15, -0.1) is 12.4 Å². The van der Waals surface area contributed by atoms with Gasteiger partial charge in [-0.05, 0) is 48.7 Å². The topological polar surface area (TPSA) is 67.8 Å². The third-order valence-corrected chi connectivity index (χ3v) is 4.61. The van der Waals surface area contributed by atoms with Gasteiger partial charge < -0.3 is 19.9 Å². The number of benzene rings is 2. The van der Waals surface area contributed by atoms with Crippen molar-refractivity contribution in [1.29, 1.82) is 0 Å². The van der Waals surface area contributed by atoms with Crippen LogP contribution in [0.2, 0.25) is 5.02 Å². The van der Waals surface area contributed by atoms with E-state index in [9.17, 15) is 18.7 Å². The van der Waals surface area contributed by atoms with Gasteiger partial charge in [0, 0.05) is 17.6 Å². The minimum absolute atomic E-state index is 0. The van der Waals surface area contributed by atoms with Crippen molar-refractivity contribution in [3.05, 3.63) is 64.7 Å². The van der Waals surface area contributed by atoms with Crippen molar-refractivity contribution in [2.75, 3.05) is 13.7 Å². The number of esters is 1. The highest BCUT2D eigenvalue weighted by molar-refractivity contribution is 6.30. The highest BCUT2D eigenvalue weighted by atomic mass is 35.5. The zero-order valence-corrected chi connectivity index (χ0v) is 18.2. The summed E-state index contributed by atoms with van der Waals surface area (Å²) in [6, 6.07) is 12.6. The molecule has 0 amide bonds. The molecule has 2 atom stereocenters. The number of carbonyl (C=O) groups is 1. The molecular formula is C21H25Cl2F2NO4. The fourth-order valence-electron chi connectivity index (χ4n) is 2.81. The van der Waals surface area contributed by atoms with Gasteiger partial charge in [0.2, 0.25) is 0 Å². The maximum absolute atomic E-state index is 14.4. The van der Waals surface area contributed by atoms with Crippen LogP contribution in [0.4, 0.5) is 8.78 Å². The molecule has 0 spiro atoms. The number of halogens is 4. The average molecular weight is 464 g/mol. The summed E-state index contributed by atoms with van der Waals surface area (Å²) in [5.41, 5.74) is 1.44. The van der Waals surface area contributed by atoms with E-state index in [1.807, 2.05) is 0 Å². The van der Waals surface area contributed by atoms with Crippen LogP contribution in [0.3, 0.4) is 0 Å². The summed E-state index contributed by atoms with van der Waals surface area (Å²) in [6.45, 7) is 1.41. The first-order chi connectivity index (χ1) is 13.8. The maximum atomic E-state index is 14.4. The van der Waals surface area contributed by atoms with Crippen LogP contribution in [0.15, 0.2) is 48.5 Å². The largest absolute Gasteiger partial charge is 0.497 e. The van der Waals surface area contributed by atoms with Crippen molar-refractivity contribution in [2.45, 2.75) is 38.0 Å². The lowest BCUT2D eigenvalue weighted by atomic mass is 9.96. The van der Waals surface area contributed by atoms with Crippen molar-refractivity contribution in [1.82, 2.24) is 5.32 Å². The Kier molecular flexibility index (Phi) is 10.5. The lowest BCUT2D eigenvalue weighted by Crippen LogP contribution is -2.54. The van der Waals surface area contributed by atoms with Crippen LogP contribution in [0.25, 0.3) is 0 Å². The van der Waals surface area contributed by atoms with Crippen LogP contribution in [0.1, 0.15) is 18.1 Å². The SMILES string of the molecule is CCOC(=O)C(F)(F)C(O)C(Cc1cccc(Cl)c1)NCc1ccc(OC)cc1.Cl. The van der Waals surface area contributed by atoms with Gasteiger partial charge in [0.1, 0.15) is 11.9 Å². The molecule has 2 aromatic carbocycles. The molecule has 0 heterocycles. The second-order valence-corrected chi connectivity index (χ2v) is 6.89. The van der Waals surface area contributed by atoms with Crippen LogP contribution in [0.5, 0.6) is 5.75 Å². The van der Waals surface area contributed by atoms with Crippen molar-refractivity contribution in [2.24, 2.45) is 0 Å². The lowest BCUT2D eigenvalue weighted by Gasteiger charge is -2.29. The number of ether oxygens (including phenoxy) is 2. The quantitative estimate of drug-likeness (QED) is 0.520. The van der Waals surface area contributed by atoms with Gasteiger partial charge in [-0.3, -0.25) is 0 Å². The molecule has 2 aromatic rings. The van der Waals surface area contributed by atoms with E-state index in [1.54, 1.807) is 55.6 Å². The number of carbonyl (C=O) groups excluding carboxylic acids is 1. The Bertz CT molecular complexity index is 806. The van der Waals surface area contributed by atoms with Crippen LogP contribution in [0, 0.1) is 0 Å². The summed E-state index contributed by atoms with van der Waals surface area (Å²) in [6.07, 6.45) is -2.26. The summed E-state index contributed by atoms with van der Waals surface area (Å²) in [4.78, 5) is 11.7. The number of aliphatic hydroxyl groups is 1. The molecule has 0 radical (unpaired) electrons. The first-order valence-electron chi connectivity index (χ1n) is 9.11. The first-order valence-corrected chi connectivity index (χ1v) is 9.49. The lowest BCUT2D eigenvalue weighted by molar-refractivity contribution is -0.191. The predicted octanol–water partition coefficient (Wildman–Crippen LogP) is 4.03. The van der Waals surface area contributed by atoms with E-state index < -0.39 is 24.0 Å². The van der Waals surface area contributed by atoms with Gasteiger partial charge in [0.15, 0.2) is 0 Å². The third-order valence-electron chi connectivity index (χ3n) is 4.37. The Morgan fingerprint density at radius 2 is 1.87 bits per heavy atom. The fourth-order valence-corrected chi connectivity index (χ4v) is 3.02. The molecule has 9 heteroatoms. The van der Waals surface area contributed by atoms with Gasteiger partial charge >= 0.3 is 11.9 Å². The molecule has 5 nitrogen and oxygen atoms in total. The van der Waals surface area contributed by atoms with E-state index >= 15 is 0 Å². The van der Waals surface area contributed by atoms with E-state index in [4.69, 9.17) is 16.3 Å².